The molecule has 0 saturated heterocycles. The van der Waals surface area contributed by atoms with Crippen LogP contribution in [0.15, 0.2) is 48.5 Å². The molecule has 2 aromatic rings. The van der Waals surface area contributed by atoms with Crippen molar-refractivity contribution < 1.29 is 17.9 Å². The molecule has 0 saturated carbocycles. The number of methoxy groups -OCH3 is 1. The van der Waals surface area contributed by atoms with Crippen LogP contribution in [0.25, 0.3) is 0 Å². The predicted octanol–water partition coefficient (Wildman–Crippen LogP) is 1.81. The number of ether oxygens (including phenoxy) is 1. The van der Waals surface area contributed by atoms with Gasteiger partial charge in [0.05, 0.1) is 12.4 Å². The van der Waals surface area contributed by atoms with E-state index in [1.54, 1.807) is 31.4 Å². The molecule has 0 unspecified atom stereocenters. The van der Waals surface area contributed by atoms with Gasteiger partial charge in [-0.15, -0.1) is 0 Å². The van der Waals surface area contributed by atoms with E-state index in [1.807, 2.05) is 24.3 Å². The maximum Gasteiger partial charge on any atom is 0.251 e. The average Bonchev–Trinajstić information content (AvgIpc) is 2.61. The average molecular weight is 362 g/mol. The quantitative estimate of drug-likeness (QED) is 0.750. The number of benzene rings is 2. The number of hydrogen-bond acceptors (Lipinski definition) is 4. The molecule has 0 aliphatic rings. The summed E-state index contributed by atoms with van der Waals surface area (Å²) in [5, 5.41) is 2.85. The molecule has 134 valence electrons. The Balaban J connectivity index is 1.94. The van der Waals surface area contributed by atoms with Gasteiger partial charge in [0.1, 0.15) is 0 Å². The van der Waals surface area contributed by atoms with E-state index in [2.05, 4.69) is 10.0 Å². The molecule has 1 amide bonds. The SMILES string of the molecule is CNS(=O)(=O)Cc1ccc(CNC(=O)c2cccc(COC)c2)cc1. The molecular formula is C18H22N2O4S. The van der Waals surface area contributed by atoms with E-state index in [0.29, 0.717) is 24.3 Å². The third-order valence-corrected chi connectivity index (χ3v) is 4.98. The number of nitrogens with one attached hydrogen (secondary N) is 2. The topological polar surface area (TPSA) is 84.5 Å². The first-order chi connectivity index (χ1) is 11.9. The predicted molar refractivity (Wildman–Crippen MR) is 96.5 cm³/mol. The van der Waals surface area contributed by atoms with Gasteiger partial charge in [0.15, 0.2) is 0 Å². The zero-order valence-corrected chi connectivity index (χ0v) is 15.1. The highest BCUT2D eigenvalue weighted by Gasteiger charge is 2.09. The van der Waals surface area contributed by atoms with Gasteiger partial charge in [0.2, 0.25) is 10.0 Å². The summed E-state index contributed by atoms with van der Waals surface area (Å²) in [7, 11) is -0.287. The first-order valence-corrected chi connectivity index (χ1v) is 9.44. The molecule has 2 aromatic carbocycles. The first kappa shape index (κ1) is 19.1. The monoisotopic (exact) mass is 362 g/mol. The van der Waals surface area contributed by atoms with Gasteiger partial charge in [0.25, 0.3) is 5.91 Å². The van der Waals surface area contributed by atoms with Gasteiger partial charge in [0, 0.05) is 19.2 Å². The van der Waals surface area contributed by atoms with Crippen LogP contribution in [0, 0.1) is 0 Å². The fourth-order valence-corrected chi connectivity index (χ4v) is 3.07. The maximum absolute atomic E-state index is 12.2. The van der Waals surface area contributed by atoms with Gasteiger partial charge in [-0.25, -0.2) is 13.1 Å². The summed E-state index contributed by atoms with van der Waals surface area (Å²) in [5.41, 5.74) is 3.10. The van der Waals surface area contributed by atoms with Crippen molar-refractivity contribution >= 4 is 15.9 Å². The molecule has 0 aliphatic carbocycles. The van der Waals surface area contributed by atoms with Crippen molar-refractivity contribution in [1.82, 2.24) is 10.0 Å². The molecule has 6 nitrogen and oxygen atoms in total. The van der Waals surface area contributed by atoms with Crippen molar-refractivity contribution in [3.63, 3.8) is 0 Å². The van der Waals surface area contributed by atoms with Crippen LogP contribution in [0.1, 0.15) is 27.0 Å². The lowest BCUT2D eigenvalue weighted by Crippen LogP contribution is -2.23. The van der Waals surface area contributed by atoms with Gasteiger partial charge in [-0.1, -0.05) is 36.4 Å². The second-order valence-electron chi connectivity index (χ2n) is 5.60. The Morgan fingerprint density at radius 3 is 2.36 bits per heavy atom. The number of hydrogen-bond donors (Lipinski definition) is 2. The van der Waals surface area contributed by atoms with E-state index >= 15 is 0 Å². The summed E-state index contributed by atoms with van der Waals surface area (Å²) in [6.45, 7) is 0.824. The fraction of sp³-hybridized carbons (Fsp3) is 0.278. The van der Waals surface area contributed by atoms with Gasteiger partial charge < -0.3 is 10.1 Å². The third-order valence-electron chi connectivity index (χ3n) is 3.64. The molecule has 0 heterocycles. The van der Waals surface area contributed by atoms with E-state index in [1.165, 1.54) is 7.05 Å². The summed E-state index contributed by atoms with van der Waals surface area (Å²) in [5.74, 6) is -0.234. The van der Waals surface area contributed by atoms with Crippen LogP contribution in [-0.2, 0) is 33.7 Å². The van der Waals surface area contributed by atoms with Crippen LogP contribution >= 0.6 is 0 Å². The highest BCUT2D eigenvalue weighted by Crippen LogP contribution is 2.09. The fourth-order valence-electron chi connectivity index (χ4n) is 2.30. The third kappa shape index (κ3) is 5.97. The molecular weight excluding hydrogens is 340 g/mol. The van der Waals surface area contributed by atoms with Crippen molar-refractivity contribution in [3.05, 3.63) is 70.8 Å². The Labute approximate surface area is 148 Å². The summed E-state index contributed by atoms with van der Waals surface area (Å²) >= 11 is 0. The van der Waals surface area contributed by atoms with Crippen molar-refractivity contribution in [2.45, 2.75) is 18.9 Å². The minimum atomic E-state index is -3.29. The standard InChI is InChI=1S/C18H22N2O4S/c1-19-25(22,23)13-15-8-6-14(7-9-15)11-20-18(21)17-5-3-4-16(10-17)12-24-2/h3-10,19H,11-13H2,1-2H3,(H,20,21). The Morgan fingerprint density at radius 2 is 1.72 bits per heavy atom. The number of sulfonamides is 1. The van der Waals surface area contributed by atoms with Gasteiger partial charge in [-0.05, 0) is 35.9 Å². The van der Waals surface area contributed by atoms with Gasteiger partial charge in [-0.2, -0.15) is 0 Å². The minimum Gasteiger partial charge on any atom is -0.380 e. The summed E-state index contributed by atoms with van der Waals surface area (Å²) in [6, 6.07) is 14.4. The highest BCUT2D eigenvalue weighted by molar-refractivity contribution is 7.88. The van der Waals surface area contributed by atoms with Crippen LogP contribution in [0.2, 0.25) is 0 Å². The van der Waals surface area contributed by atoms with E-state index in [9.17, 15) is 13.2 Å². The molecule has 0 radical (unpaired) electrons. The van der Waals surface area contributed by atoms with Crippen LogP contribution in [0.5, 0.6) is 0 Å². The van der Waals surface area contributed by atoms with E-state index in [4.69, 9.17) is 4.74 Å². The van der Waals surface area contributed by atoms with Crippen LogP contribution < -0.4 is 10.0 Å². The lowest BCUT2D eigenvalue weighted by Gasteiger charge is -2.08. The summed E-state index contributed by atoms with van der Waals surface area (Å²) in [6.07, 6.45) is 0. The van der Waals surface area contributed by atoms with Crippen molar-refractivity contribution in [2.24, 2.45) is 0 Å². The molecule has 25 heavy (non-hydrogen) atoms. The minimum absolute atomic E-state index is 0.0670. The summed E-state index contributed by atoms with van der Waals surface area (Å²) in [4.78, 5) is 12.2. The molecule has 2 N–H and O–H groups in total. The Morgan fingerprint density at radius 1 is 1.04 bits per heavy atom. The second-order valence-corrected chi connectivity index (χ2v) is 7.52. The van der Waals surface area contributed by atoms with Gasteiger partial charge >= 0.3 is 0 Å². The summed E-state index contributed by atoms with van der Waals surface area (Å²) < 4.78 is 30.4. The molecule has 0 aliphatic heterocycles. The van der Waals surface area contributed by atoms with Crippen LogP contribution in [0.3, 0.4) is 0 Å². The molecule has 0 atom stereocenters. The normalized spacial score (nSPS) is 11.3. The van der Waals surface area contributed by atoms with Crippen molar-refractivity contribution in [3.8, 4) is 0 Å². The number of carbonyl (C=O) groups excluding carboxylic acids is 1. The molecule has 0 spiro atoms. The molecule has 7 heteroatoms. The van der Waals surface area contributed by atoms with Crippen molar-refractivity contribution in [1.29, 1.82) is 0 Å². The zero-order chi connectivity index (χ0) is 18.3. The number of carbonyl (C=O) groups is 1. The Bertz CT molecular complexity index is 817. The van der Waals surface area contributed by atoms with Gasteiger partial charge in [-0.3, -0.25) is 4.79 Å². The highest BCUT2D eigenvalue weighted by atomic mass is 32.2. The van der Waals surface area contributed by atoms with Crippen LogP contribution in [-0.4, -0.2) is 28.5 Å². The maximum atomic E-state index is 12.2. The Hall–Kier alpha value is -2.22. The van der Waals surface area contributed by atoms with Crippen LogP contribution in [0.4, 0.5) is 0 Å². The lowest BCUT2D eigenvalue weighted by molar-refractivity contribution is 0.0950. The number of rotatable bonds is 8. The second kappa shape index (κ2) is 8.75. The van der Waals surface area contributed by atoms with E-state index in [0.717, 1.165) is 11.1 Å². The molecule has 0 bridgehead atoms. The van der Waals surface area contributed by atoms with Crippen molar-refractivity contribution in [2.75, 3.05) is 14.2 Å². The first-order valence-electron chi connectivity index (χ1n) is 7.78. The lowest BCUT2D eigenvalue weighted by atomic mass is 10.1. The van der Waals surface area contributed by atoms with E-state index < -0.39 is 10.0 Å². The molecule has 0 aromatic heterocycles. The number of amides is 1. The zero-order valence-electron chi connectivity index (χ0n) is 14.3. The molecule has 2 rings (SSSR count). The Kier molecular flexibility index (Phi) is 6.69. The largest absolute Gasteiger partial charge is 0.380 e. The van der Waals surface area contributed by atoms with E-state index in [-0.39, 0.29) is 11.7 Å². The smallest absolute Gasteiger partial charge is 0.251 e. The molecule has 0 fully saturated rings.